The highest BCUT2D eigenvalue weighted by atomic mass is 32.1. The van der Waals surface area contributed by atoms with Crippen LogP contribution in [-0.2, 0) is 6.18 Å². The number of anilines is 1. The Balaban J connectivity index is 1.55. The van der Waals surface area contributed by atoms with Gasteiger partial charge in [-0.2, -0.15) is 13.2 Å². The average Bonchev–Trinajstić information content (AvgIpc) is 3.10. The first-order chi connectivity index (χ1) is 15.6. The minimum Gasteiger partial charge on any atom is -0.336 e. The third-order valence-electron chi connectivity index (χ3n) is 6.09. The Morgan fingerprint density at radius 3 is 2.58 bits per heavy atom. The minimum absolute atomic E-state index is 0.0185. The van der Waals surface area contributed by atoms with Crippen LogP contribution in [0.2, 0.25) is 0 Å². The monoisotopic (exact) mass is 475 g/mol. The first-order valence-corrected chi connectivity index (χ1v) is 11.6. The molecular weight excluding hydrogens is 451 g/mol. The van der Waals surface area contributed by atoms with E-state index in [4.69, 9.17) is 0 Å². The molecule has 1 aromatic carbocycles. The van der Waals surface area contributed by atoms with Gasteiger partial charge in [0.25, 0.3) is 11.8 Å². The van der Waals surface area contributed by atoms with E-state index in [2.05, 4.69) is 17.2 Å². The Kier molecular flexibility index (Phi) is 6.18. The molecule has 174 valence electrons. The van der Waals surface area contributed by atoms with Crippen molar-refractivity contribution < 1.29 is 22.8 Å². The summed E-state index contributed by atoms with van der Waals surface area (Å²) in [5, 5.41) is 3.34. The lowest BCUT2D eigenvalue weighted by Gasteiger charge is -2.33. The van der Waals surface area contributed by atoms with Crippen LogP contribution in [0, 0.1) is 13.8 Å². The number of amides is 2. The number of piperidine rings is 1. The molecule has 1 N–H and O–H groups in total. The van der Waals surface area contributed by atoms with Crippen molar-refractivity contribution in [2.45, 2.75) is 52.3 Å². The van der Waals surface area contributed by atoms with Crippen LogP contribution in [-0.4, -0.2) is 34.3 Å². The predicted octanol–water partition coefficient (Wildman–Crippen LogP) is 6.20. The number of thiophene rings is 1. The number of nitrogens with one attached hydrogen (secondary N) is 1. The van der Waals surface area contributed by atoms with Gasteiger partial charge in [-0.05, 0) is 81.5 Å². The molecule has 1 aliphatic heterocycles. The third-order valence-corrected chi connectivity index (χ3v) is 7.29. The summed E-state index contributed by atoms with van der Waals surface area (Å²) in [5.74, 6) is -0.439. The number of nitrogens with zero attached hydrogens (tertiary/aromatic N) is 2. The van der Waals surface area contributed by atoms with E-state index in [9.17, 15) is 22.8 Å². The number of pyridine rings is 1. The van der Waals surface area contributed by atoms with E-state index in [1.54, 1.807) is 32.0 Å². The molecule has 0 spiro atoms. The summed E-state index contributed by atoms with van der Waals surface area (Å²) >= 11 is 0.930. The van der Waals surface area contributed by atoms with Crippen molar-refractivity contribution in [3.05, 3.63) is 57.6 Å². The van der Waals surface area contributed by atoms with Crippen molar-refractivity contribution in [2.24, 2.45) is 0 Å². The van der Waals surface area contributed by atoms with Crippen LogP contribution in [0.15, 0.2) is 30.3 Å². The normalized spacial score (nSPS) is 16.8. The Bertz CT molecular complexity index is 1240. The van der Waals surface area contributed by atoms with E-state index in [1.165, 1.54) is 6.07 Å². The van der Waals surface area contributed by atoms with E-state index in [-0.39, 0.29) is 16.8 Å². The van der Waals surface area contributed by atoms with Crippen LogP contribution < -0.4 is 5.32 Å². The van der Waals surface area contributed by atoms with Gasteiger partial charge in [-0.15, -0.1) is 11.3 Å². The van der Waals surface area contributed by atoms with Gasteiger partial charge in [0.15, 0.2) is 0 Å². The summed E-state index contributed by atoms with van der Waals surface area (Å²) in [6, 6.07) is 7.62. The second-order valence-electron chi connectivity index (χ2n) is 8.43. The van der Waals surface area contributed by atoms with E-state index in [0.29, 0.717) is 27.1 Å². The van der Waals surface area contributed by atoms with Gasteiger partial charge in [0.1, 0.15) is 10.5 Å². The highest BCUT2D eigenvalue weighted by Gasteiger charge is 2.33. The fourth-order valence-corrected chi connectivity index (χ4v) is 5.23. The summed E-state index contributed by atoms with van der Waals surface area (Å²) in [6.07, 6.45) is -1.43. The molecule has 0 saturated carbocycles. The molecule has 1 saturated heterocycles. The Labute approximate surface area is 193 Å². The van der Waals surface area contributed by atoms with Crippen molar-refractivity contribution >= 4 is 39.1 Å². The predicted molar refractivity (Wildman–Crippen MR) is 123 cm³/mol. The maximum absolute atomic E-state index is 13.0. The van der Waals surface area contributed by atoms with Crippen LogP contribution in [0.25, 0.3) is 10.2 Å². The summed E-state index contributed by atoms with van der Waals surface area (Å²) < 4.78 is 38.9. The SMILES string of the molecule is Cc1cc(C(=O)N2CCCCC2C)ccc1NC(=O)c1sc2nc(C(F)(F)F)ccc2c1C. The van der Waals surface area contributed by atoms with Gasteiger partial charge < -0.3 is 10.2 Å². The second kappa shape index (κ2) is 8.78. The summed E-state index contributed by atoms with van der Waals surface area (Å²) in [4.78, 5) is 31.9. The lowest BCUT2D eigenvalue weighted by atomic mass is 10.0. The van der Waals surface area contributed by atoms with Crippen molar-refractivity contribution in [3.63, 3.8) is 0 Å². The molecule has 1 aliphatic rings. The zero-order valence-electron chi connectivity index (χ0n) is 18.5. The molecule has 0 aliphatic carbocycles. The number of hydrogen-bond acceptors (Lipinski definition) is 4. The van der Waals surface area contributed by atoms with E-state index < -0.39 is 17.8 Å². The quantitative estimate of drug-likeness (QED) is 0.491. The van der Waals surface area contributed by atoms with Crippen molar-refractivity contribution in [1.82, 2.24) is 9.88 Å². The van der Waals surface area contributed by atoms with Crippen LogP contribution in [0.3, 0.4) is 0 Å². The lowest BCUT2D eigenvalue weighted by molar-refractivity contribution is -0.140. The fraction of sp³-hybridized carbons (Fsp3) is 0.375. The number of aryl methyl sites for hydroxylation is 2. The van der Waals surface area contributed by atoms with Crippen molar-refractivity contribution in [1.29, 1.82) is 0 Å². The molecule has 0 radical (unpaired) electrons. The number of carbonyl (C=O) groups is 2. The van der Waals surface area contributed by atoms with E-state index in [1.807, 2.05) is 4.90 Å². The van der Waals surface area contributed by atoms with E-state index >= 15 is 0 Å². The number of alkyl halides is 3. The van der Waals surface area contributed by atoms with Gasteiger partial charge in [0, 0.05) is 29.2 Å². The largest absolute Gasteiger partial charge is 0.433 e. The second-order valence-corrected chi connectivity index (χ2v) is 9.43. The Morgan fingerprint density at radius 1 is 1.15 bits per heavy atom. The maximum Gasteiger partial charge on any atom is 0.433 e. The van der Waals surface area contributed by atoms with Gasteiger partial charge in [-0.3, -0.25) is 9.59 Å². The fourth-order valence-electron chi connectivity index (χ4n) is 4.16. The molecule has 5 nitrogen and oxygen atoms in total. The zero-order valence-corrected chi connectivity index (χ0v) is 19.4. The third kappa shape index (κ3) is 4.59. The van der Waals surface area contributed by atoms with Gasteiger partial charge in [-0.1, -0.05) is 0 Å². The lowest BCUT2D eigenvalue weighted by Crippen LogP contribution is -2.42. The average molecular weight is 476 g/mol. The van der Waals surface area contributed by atoms with E-state index in [0.717, 1.165) is 48.8 Å². The molecular formula is C24H24F3N3O2S. The topological polar surface area (TPSA) is 62.3 Å². The Hall–Kier alpha value is -2.94. The number of rotatable bonds is 3. The van der Waals surface area contributed by atoms with Gasteiger partial charge in [0.05, 0.1) is 4.88 Å². The highest BCUT2D eigenvalue weighted by molar-refractivity contribution is 7.20. The molecule has 3 aromatic rings. The standard InChI is InChI=1S/C24H24F3N3O2S/c1-13-12-16(23(32)30-11-5-4-6-14(30)2)7-9-18(13)28-21(31)20-15(3)17-8-10-19(24(25,26)27)29-22(17)33-20/h7-10,12,14H,4-6,11H2,1-3H3,(H,28,31). The molecule has 2 aromatic heterocycles. The summed E-state index contributed by atoms with van der Waals surface area (Å²) in [7, 11) is 0. The molecule has 0 bridgehead atoms. The van der Waals surface area contributed by atoms with Crippen LogP contribution >= 0.6 is 11.3 Å². The number of carbonyl (C=O) groups excluding carboxylic acids is 2. The smallest absolute Gasteiger partial charge is 0.336 e. The molecule has 9 heteroatoms. The molecule has 33 heavy (non-hydrogen) atoms. The first kappa shape index (κ1) is 23.2. The van der Waals surface area contributed by atoms with Crippen LogP contribution in [0.4, 0.5) is 18.9 Å². The molecule has 1 unspecified atom stereocenters. The minimum atomic E-state index is -4.54. The number of likely N-dealkylation sites (tertiary alicyclic amines) is 1. The van der Waals surface area contributed by atoms with Gasteiger partial charge in [-0.25, -0.2) is 4.98 Å². The number of benzene rings is 1. The van der Waals surface area contributed by atoms with Crippen LogP contribution in [0.5, 0.6) is 0 Å². The number of fused-ring (bicyclic) bond motifs is 1. The molecule has 1 fully saturated rings. The van der Waals surface area contributed by atoms with Crippen molar-refractivity contribution in [3.8, 4) is 0 Å². The number of halogens is 3. The molecule has 2 amide bonds. The molecule has 1 atom stereocenters. The Morgan fingerprint density at radius 2 is 1.91 bits per heavy atom. The van der Waals surface area contributed by atoms with Gasteiger partial charge >= 0.3 is 6.18 Å². The van der Waals surface area contributed by atoms with Gasteiger partial charge in [0.2, 0.25) is 0 Å². The highest BCUT2D eigenvalue weighted by Crippen LogP contribution is 2.34. The summed E-state index contributed by atoms with van der Waals surface area (Å²) in [5.41, 5.74) is 1.44. The first-order valence-electron chi connectivity index (χ1n) is 10.8. The van der Waals surface area contributed by atoms with Crippen LogP contribution in [0.1, 0.15) is 63.0 Å². The summed E-state index contributed by atoms with van der Waals surface area (Å²) in [6.45, 7) is 6.29. The van der Waals surface area contributed by atoms with Crippen molar-refractivity contribution in [2.75, 3.05) is 11.9 Å². The maximum atomic E-state index is 13.0. The molecule has 4 rings (SSSR count). The molecule has 3 heterocycles. The zero-order chi connectivity index (χ0) is 23.9. The number of hydrogen-bond donors (Lipinski definition) is 1. The number of aromatic nitrogens is 1.